The predicted molar refractivity (Wildman–Crippen MR) is 84.8 cm³/mol. The fourth-order valence-corrected chi connectivity index (χ4v) is 13.4. The van der Waals surface area contributed by atoms with E-state index in [-0.39, 0.29) is 0 Å². The molecule has 0 amide bonds. The van der Waals surface area contributed by atoms with E-state index in [0.29, 0.717) is 0 Å². The Hall–Kier alpha value is 0.719. The zero-order valence-corrected chi connectivity index (χ0v) is 16.1. The first-order valence-electron chi connectivity index (χ1n) is 8.61. The Morgan fingerprint density at radius 2 is 1.11 bits per heavy atom. The third-order valence-electron chi connectivity index (χ3n) is 4.09. The van der Waals surface area contributed by atoms with Crippen molar-refractivity contribution in [3.63, 3.8) is 0 Å². The molecule has 1 rings (SSSR count). The molecule has 0 unspecified atom stereocenters. The molecule has 0 aliphatic carbocycles. The van der Waals surface area contributed by atoms with Crippen LogP contribution >= 0.6 is 0 Å². The predicted octanol–water partition coefficient (Wildman–Crippen LogP) is 5.42. The summed E-state index contributed by atoms with van der Waals surface area (Å²) in [6, 6.07) is 0. The van der Waals surface area contributed by atoms with E-state index in [4.69, 9.17) is 6.15 Å². The molecule has 2 nitrogen and oxygen atoms in total. The van der Waals surface area contributed by atoms with E-state index in [0.717, 1.165) is 13.2 Å². The van der Waals surface area contributed by atoms with Crippen molar-refractivity contribution in [3.05, 3.63) is 0 Å². The summed E-state index contributed by atoms with van der Waals surface area (Å²) in [5, 5.41) is 0. The molecule has 3 heteroatoms. The van der Waals surface area contributed by atoms with Gasteiger partial charge in [-0.1, -0.05) is 0 Å². The molecule has 0 atom stereocenters. The SMILES string of the molecule is CCC[CH2][Sn]1([CH2]CCC)[O]CCCCCCCC[O]1. The zero-order chi connectivity index (χ0) is 13.8. The molecule has 0 aromatic rings. The standard InChI is InChI=1S/C8H16O2.2C4H9.Sn/c9-7-5-3-1-2-4-6-8-10;2*1-3-4-2;/h1-8H2;2*1,3-4H2,2H3;/q-2;;;+2. The van der Waals surface area contributed by atoms with Crippen LogP contribution in [-0.2, 0) is 6.15 Å². The Morgan fingerprint density at radius 1 is 0.684 bits per heavy atom. The Kier molecular flexibility index (Phi) is 10.6. The minimum atomic E-state index is -2.71. The first-order chi connectivity index (χ1) is 9.33. The molecule has 1 heterocycles. The average Bonchev–Trinajstić information content (AvgIpc) is 2.48. The molecule has 0 bridgehead atoms. The van der Waals surface area contributed by atoms with Gasteiger partial charge < -0.3 is 0 Å². The molecule has 0 saturated carbocycles. The van der Waals surface area contributed by atoms with Crippen molar-refractivity contribution in [2.45, 2.75) is 86.9 Å². The van der Waals surface area contributed by atoms with Crippen molar-refractivity contribution in [3.8, 4) is 0 Å². The van der Waals surface area contributed by atoms with E-state index in [1.54, 1.807) is 0 Å². The first-order valence-corrected chi connectivity index (χ1v) is 15.0. The third kappa shape index (κ3) is 7.91. The van der Waals surface area contributed by atoms with Crippen molar-refractivity contribution in [1.82, 2.24) is 0 Å². The molecular weight excluding hydrogens is 343 g/mol. The Morgan fingerprint density at radius 3 is 1.53 bits per heavy atom. The zero-order valence-electron chi connectivity index (χ0n) is 13.2. The maximum absolute atomic E-state index is 6.45. The van der Waals surface area contributed by atoms with Crippen molar-refractivity contribution in [2.24, 2.45) is 0 Å². The number of unbranched alkanes of at least 4 members (excludes halogenated alkanes) is 2. The van der Waals surface area contributed by atoms with Gasteiger partial charge in [-0.2, -0.15) is 0 Å². The second-order valence-electron chi connectivity index (χ2n) is 5.94. The van der Waals surface area contributed by atoms with Crippen LogP contribution in [0.15, 0.2) is 0 Å². The van der Waals surface area contributed by atoms with Crippen molar-refractivity contribution < 1.29 is 6.15 Å². The van der Waals surface area contributed by atoms with Gasteiger partial charge in [0.05, 0.1) is 0 Å². The molecule has 1 aliphatic heterocycles. The second kappa shape index (κ2) is 11.4. The summed E-state index contributed by atoms with van der Waals surface area (Å²) in [5.74, 6) is 0. The van der Waals surface area contributed by atoms with Crippen molar-refractivity contribution in [1.29, 1.82) is 0 Å². The van der Waals surface area contributed by atoms with E-state index >= 15 is 0 Å². The molecule has 0 aromatic carbocycles. The third-order valence-corrected chi connectivity index (χ3v) is 14.6. The topological polar surface area (TPSA) is 18.5 Å². The molecule has 1 aliphatic rings. The fraction of sp³-hybridized carbons (Fsp3) is 1.00. The molecule has 19 heavy (non-hydrogen) atoms. The monoisotopic (exact) mass is 378 g/mol. The molecular formula is C16H34O2Sn. The van der Waals surface area contributed by atoms with Gasteiger partial charge in [0.15, 0.2) is 0 Å². The van der Waals surface area contributed by atoms with E-state index in [1.807, 2.05) is 0 Å². The maximum atomic E-state index is 6.45. The van der Waals surface area contributed by atoms with Gasteiger partial charge >= 0.3 is 125 Å². The number of rotatable bonds is 6. The first kappa shape index (κ1) is 17.8. The van der Waals surface area contributed by atoms with Gasteiger partial charge in [0.2, 0.25) is 0 Å². The van der Waals surface area contributed by atoms with Crippen LogP contribution in [0.1, 0.15) is 78.1 Å². The summed E-state index contributed by atoms with van der Waals surface area (Å²) in [7, 11) is 0. The molecule has 114 valence electrons. The summed E-state index contributed by atoms with van der Waals surface area (Å²) >= 11 is -2.71. The summed E-state index contributed by atoms with van der Waals surface area (Å²) in [4.78, 5) is 0. The molecule has 1 fully saturated rings. The summed E-state index contributed by atoms with van der Waals surface area (Å²) in [5.41, 5.74) is 0. The van der Waals surface area contributed by atoms with Gasteiger partial charge in [0, 0.05) is 0 Å². The Bertz CT molecular complexity index is 187. The van der Waals surface area contributed by atoms with Crippen LogP contribution in [-0.4, -0.2) is 32.4 Å². The van der Waals surface area contributed by atoms with Crippen molar-refractivity contribution in [2.75, 3.05) is 13.2 Å². The second-order valence-corrected chi connectivity index (χ2v) is 15.6. The van der Waals surface area contributed by atoms with Crippen LogP contribution in [0.5, 0.6) is 0 Å². The van der Waals surface area contributed by atoms with E-state index < -0.39 is 19.2 Å². The Labute approximate surface area is 125 Å². The Balaban J connectivity index is 2.56. The van der Waals surface area contributed by atoms with E-state index in [2.05, 4.69) is 13.8 Å². The molecule has 0 spiro atoms. The molecule has 0 radical (unpaired) electrons. The summed E-state index contributed by atoms with van der Waals surface area (Å²) in [6.45, 7) is 6.52. The molecule has 0 aromatic heterocycles. The van der Waals surface area contributed by atoms with Crippen LogP contribution < -0.4 is 0 Å². The van der Waals surface area contributed by atoms with Crippen LogP contribution in [0.3, 0.4) is 0 Å². The van der Waals surface area contributed by atoms with Gasteiger partial charge in [-0.15, -0.1) is 0 Å². The van der Waals surface area contributed by atoms with Gasteiger partial charge in [-0.25, -0.2) is 0 Å². The van der Waals surface area contributed by atoms with Crippen molar-refractivity contribution >= 4 is 19.2 Å². The van der Waals surface area contributed by atoms with Crippen LogP contribution in [0, 0.1) is 0 Å². The van der Waals surface area contributed by atoms with E-state index in [1.165, 1.54) is 73.1 Å². The molecule has 1 saturated heterocycles. The van der Waals surface area contributed by atoms with Crippen LogP contribution in [0.2, 0.25) is 8.87 Å². The minimum absolute atomic E-state index is 0.976. The fourth-order valence-electron chi connectivity index (χ4n) is 2.78. The average molecular weight is 377 g/mol. The summed E-state index contributed by atoms with van der Waals surface area (Å²) < 4.78 is 15.5. The van der Waals surface area contributed by atoms with Gasteiger partial charge in [-0.05, 0) is 0 Å². The molecule has 0 N–H and O–H groups in total. The van der Waals surface area contributed by atoms with Crippen LogP contribution in [0.25, 0.3) is 0 Å². The normalized spacial score (nSPS) is 21.8. The van der Waals surface area contributed by atoms with E-state index in [9.17, 15) is 0 Å². The van der Waals surface area contributed by atoms with Gasteiger partial charge in [-0.3, -0.25) is 0 Å². The summed E-state index contributed by atoms with van der Waals surface area (Å²) in [6.07, 6.45) is 13.1. The van der Waals surface area contributed by atoms with Gasteiger partial charge in [0.25, 0.3) is 0 Å². The number of hydrogen-bond donors (Lipinski definition) is 0. The van der Waals surface area contributed by atoms with Crippen LogP contribution in [0.4, 0.5) is 0 Å². The van der Waals surface area contributed by atoms with Gasteiger partial charge in [0.1, 0.15) is 0 Å². The quantitative estimate of drug-likeness (QED) is 0.576. The number of hydrogen-bond acceptors (Lipinski definition) is 2.